The fourth-order valence-electron chi connectivity index (χ4n) is 4.46. The van der Waals surface area contributed by atoms with Gasteiger partial charge in [-0.15, -0.1) is 0 Å². The Bertz CT molecular complexity index is 324. The Balaban J connectivity index is 4.42. The predicted octanol–water partition coefficient (Wildman–Crippen LogP) is 7.86. The van der Waals surface area contributed by atoms with Gasteiger partial charge in [0.2, 0.25) is 0 Å². The molecule has 0 heterocycles. The first-order valence-electron chi connectivity index (χ1n) is 10.6. The second-order valence-electron chi connectivity index (χ2n) is 12.0. The Kier molecular flexibility index (Phi) is 10.3. The van der Waals surface area contributed by atoms with Crippen LogP contribution in [0.15, 0.2) is 0 Å². The molecule has 26 heavy (non-hydrogen) atoms. The van der Waals surface area contributed by atoms with E-state index < -0.39 is 0 Å². The molecule has 0 unspecified atom stereocenters. The molecule has 0 radical (unpaired) electrons. The monoisotopic (exact) mass is 403 g/mol. The molecule has 158 valence electrons. The second-order valence-corrected chi connectivity index (χ2v) is 20.0. The van der Waals surface area contributed by atoms with E-state index in [1.807, 2.05) is 0 Å². The van der Waals surface area contributed by atoms with Gasteiger partial charge in [-0.3, -0.25) is 0 Å². The number of rotatable bonds is 8. The smallest absolute Gasteiger partial charge is 0.00184 e. The van der Waals surface area contributed by atoms with Crippen LogP contribution in [0.2, 0.25) is 0 Å². The third kappa shape index (κ3) is 10.4. The highest BCUT2D eigenvalue weighted by Crippen LogP contribution is 2.60. The van der Waals surface area contributed by atoms with Crippen molar-refractivity contribution in [2.45, 2.75) is 117 Å². The highest BCUT2D eigenvalue weighted by Gasteiger charge is 2.34. The molecular formula is C23H51NP2. The quantitative estimate of drug-likeness (QED) is 0.373. The van der Waals surface area contributed by atoms with Gasteiger partial charge in [0, 0.05) is 0 Å². The fourth-order valence-corrected chi connectivity index (χ4v) is 12.1. The van der Waals surface area contributed by atoms with Gasteiger partial charge >= 0.3 is 0 Å². The third-order valence-corrected chi connectivity index (χ3v) is 13.1. The van der Waals surface area contributed by atoms with Crippen molar-refractivity contribution < 1.29 is 0 Å². The normalized spacial score (nSPS) is 14.8. The predicted molar refractivity (Wildman–Crippen MR) is 129 cm³/mol. The summed E-state index contributed by atoms with van der Waals surface area (Å²) in [6.45, 7) is 31.8. The van der Waals surface area contributed by atoms with E-state index in [4.69, 9.17) is 0 Å². The molecule has 0 fully saturated rings. The van der Waals surface area contributed by atoms with E-state index in [9.17, 15) is 0 Å². The Morgan fingerprint density at radius 1 is 0.500 bits per heavy atom. The summed E-state index contributed by atoms with van der Waals surface area (Å²) in [6.07, 6.45) is 5.51. The molecule has 0 aliphatic heterocycles. The van der Waals surface area contributed by atoms with Gasteiger partial charge in [-0.25, -0.2) is 0 Å². The average molecular weight is 404 g/mol. The molecule has 0 aliphatic carbocycles. The van der Waals surface area contributed by atoms with Crippen LogP contribution in [0, 0.1) is 0 Å². The largest absolute Gasteiger partial charge is 0.306 e. The molecule has 0 amide bonds. The first-order valence-corrected chi connectivity index (χ1v) is 13.7. The van der Waals surface area contributed by atoms with Crippen LogP contribution >= 0.6 is 15.8 Å². The minimum absolute atomic E-state index is 0.0490. The molecule has 0 N–H and O–H groups in total. The molecule has 0 spiro atoms. The van der Waals surface area contributed by atoms with Gasteiger partial charge in [0.05, 0.1) is 0 Å². The summed E-state index contributed by atoms with van der Waals surface area (Å²) in [7, 11) is 2.42. The molecule has 1 nitrogen and oxygen atoms in total. The molecule has 0 saturated heterocycles. The number of hydrogen-bond donors (Lipinski definition) is 0. The van der Waals surface area contributed by atoms with Crippen LogP contribution in [0.25, 0.3) is 0 Å². The lowest BCUT2D eigenvalue weighted by molar-refractivity contribution is 0.336. The summed E-state index contributed by atoms with van der Waals surface area (Å²) < 4.78 is 0. The topological polar surface area (TPSA) is 3.24 Å². The summed E-state index contributed by atoms with van der Waals surface area (Å²) in [6, 6.07) is 0. The van der Waals surface area contributed by atoms with Gasteiger partial charge in [0.1, 0.15) is 0 Å². The van der Waals surface area contributed by atoms with Gasteiger partial charge in [-0.1, -0.05) is 98.9 Å². The molecule has 0 aromatic rings. The molecule has 0 aliphatic rings. The summed E-state index contributed by atoms with van der Waals surface area (Å²) in [5.74, 6) is 0. The third-order valence-electron chi connectivity index (χ3n) is 5.08. The summed E-state index contributed by atoms with van der Waals surface area (Å²) in [4.78, 5) is 2.58. The van der Waals surface area contributed by atoms with Crippen LogP contribution in [0.4, 0.5) is 0 Å². The van der Waals surface area contributed by atoms with E-state index in [1.165, 1.54) is 38.3 Å². The molecular weight excluding hydrogens is 352 g/mol. The molecule has 0 aromatic carbocycles. The van der Waals surface area contributed by atoms with Crippen molar-refractivity contribution in [2.75, 3.05) is 32.5 Å². The van der Waals surface area contributed by atoms with Crippen molar-refractivity contribution in [2.24, 2.45) is 0 Å². The summed E-state index contributed by atoms with van der Waals surface area (Å²) in [5.41, 5.74) is 0. The zero-order valence-corrected chi connectivity index (χ0v) is 22.4. The van der Waals surface area contributed by atoms with Crippen molar-refractivity contribution in [3.63, 3.8) is 0 Å². The van der Waals surface area contributed by atoms with Crippen molar-refractivity contribution in [3.8, 4) is 0 Å². The second kappa shape index (κ2) is 10.0. The van der Waals surface area contributed by atoms with Gasteiger partial charge in [0.25, 0.3) is 0 Å². The Morgan fingerprint density at radius 2 is 0.731 bits per heavy atom. The summed E-state index contributed by atoms with van der Waals surface area (Å²) >= 11 is 0. The zero-order chi connectivity index (χ0) is 21.0. The van der Waals surface area contributed by atoms with E-state index in [-0.39, 0.29) is 15.8 Å². The Hall–Kier alpha value is 0.820. The zero-order valence-electron chi connectivity index (χ0n) is 20.6. The number of hydrogen-bond acceptors (Lipinski definition) is 1. The van der Waals surface area contributed by atoms with Crippen LogP contribution in [0.1, 0.15) is 95.9 Å². The molecule has 3 heteroatoms. The minimum atomic E-state index is 0.0490. The van der Waals surface area contributed by atoms with E-state index in [2.05, 4.69) is 95.0 Å². The SMILES string of the molecule is CN(CCCP(C(C)(C)C)C(C)(C)C)CCCP(C(C)(C)C)C(C)(C)C. The van der Waals surface area contributed by atoms with Crippen LogP contribution in [-0.4, -0.2) is 58.0 Å². The highest BCUT2D eigenvalue weighted by molar-refractivity contribution is 7.61. The highest BCUT2D eigenvalue weighted by atomic mass is 31.1. The lowest BCUT2D eigenvalue weighted by atomic mass is 10.2. The van der Waals surface area contributed by atoms with E-state index in [1.54, 1.807) is 0 Å². The first-order chi connectivity index (χ1) is 11.4. The lowest BCUT2D eigenvalue weighted by Gasteiger charge is -2.42. The van der Waals surface area contributed by atoms with Gasteiger partial charge < -0.3 is 4.90 Å². The maximum Gasteiger partial charge on any atom is -0.00184 e. The number of nitrogens with zero attached hydrogens (tertiary/aromatic N) is 1. The molecule has 0 aromatic heterocycles. The van der Waals surface area contributed by atoms with Crippen LogP contribution < -0.4 is 0 Å². The van der Waals surface area contributed by atoms with E-state index >= 15 is 0 Å². The van der Waals surface area contributed by atoms with Crippen LogP contribution in [0.3, 0.4) is 0 Å². The average Bonchev–Trinajstić information content (AvgIpc) is 2.33. The van der Waals surface area contributed by atoms with Crippen molar-refractivity contribution in [3.05, 3.63) is 0 Å². The lowest BCUT2D eigenvalue weighted by Crippen LogP contribution is -2.29. The van der Waals surface area contributed by atoms with Crippen LogP contribution in [0.5, 0.6) is 0 Å². The standard InChI is InChI=1S/C23H51NP2/c1-20(2,3)25(21(4,5)6)18-14-16-24(13)17-15-19-26(22(7,8)9)23(10,11)12/h14-19H2,1-13H3. The van der Waals surface area contributed by atoms with Gasteiger partial charge in [0.15, 0.2) is 0 Å². The maximum atomic E-state index is 2.58. The fraction of sp³-hybridized carbons (Fsp3) is 1.00. The molecule has 0 saturated carbocycles. The van der Waals surface area contributed by atoms with E-state index in [0.29, 0.717) is 20.6 Å². The van der Waals surface area contributed by atoms with Crippen LogP contribution in [-0.2, 0) is 0 Å². The summed E-state index contributed by atoms with van der Waals surface area (Å²) in [5, 5.41) is 1.84. The van der Waals surface area contributed by atoms with Crippen molar-refractivity contribution in [1.29, 1.82) is 0 Å². The van der Waals surface area contributed by atoms with Crippen molar-refractivity contribution >= 4 is 15.8 Å². The van der Waals surface area contributed by atoms with Gasteiger partial charge in [-0.05, 0) is 65.9 Å². The maximum absolute atomic E-state index is 2.58. The van der Waals surface area contributed by atoms with Gasteiger partial charge in [-0.2, -0.15) is 0 Å². The minimum Gasteiger partial charge on any atom is -0.306 e. The Labute approximate surface area is 170 Å². The molecule has 0 bridgehead atoms. The molecule has 0 atom stereocenters. The van der Waals surface area contributed by atoms with E-state index in [0.717, 1.165) is 0 Å². The van der Waals surface area contributed by atoms with Crippen molar-refractivity contribution in [1.82, 2.24) is 4.90 Å². The molecule has 0 rings (SSSR count). The first kappa shape index (κ1) is 26.8. The Morgan fingerprint density at radius 3 is 0.923 bits per heavy atom.